The van der Waals surface area contributed by atoms with Crippen LogP contribution in [0.1, 0.15) is 46.0 Å². The Kier molecular flexibility index (Phi) is 5.41. The maximum Gasteiger partial charge on any atom is 0.303 e. The smallest absolute Gasteiger partial charge is 0.303 e. The lowest BCUT2D eigenvalue weighted by Gasteiger charge is -2.16. The molecule has 0 aromatic carbocycles. The number of rotatable bonds is 6. The molecule has 0 aliphatic carbocycles. The van der Waals surface area contributed by atoms with Crippen LogP contribution < -0.4 is 5.32 Å². The van der Waals surface area contributed by atoms with Crippen molar-refractivity contribution in [2.75, 3.05) is 0 Å². The molecule has 1 fully saturated rings. The van der Waals surface area contributed by atoms with E-state index < -0.39 is 5.97 Å². The molecule has 0 radical (unpaired) electrons. The quantitative estimate of drug-likeness (QED) is 0.737. The third kappa shape index (κ3) is 5.17. The van der Waals surface area contributed by atoms with Crippen LogP contribution in [0.5, 0.6) is 0 Å². The Hall–Kier alpha value is -1.10. The highest BCUT2D eigenvalue weighted by molar-refractivity contribution is 5.81. The molecular formula is C12H21NO4. The first-order valence-corrected chi connectivity index (χ1v) is 6.16. The molecule has 0 aromatic heterocycles. The molecule has 0 saturated carbocycles. The Bertz CT molecular complexity index is 280. The van der Waals surface area contributed by atoms with Crippen LogP contribution in [0.4, 0.5) is 0 Å². The molecule has 5 nitrogen and oxygen atoms in total. The van der Waals surface area contributed by atoms with Crippen LogP contribution >= 0.6 is 0 Å². The molecule has 3 atom stereocenters. The van der Waals surface area contributed by atoms with E-state index in [0.717, 1.165) is 12.8 Å². The topological polar surface area (TPSA) is 75.6 Å². The van der Waals surface area contributed by atoms with Crippen LogP contribution in [0.15, 0.2) is 0 Å². The van der Waals surface area contributed by atoms with Crippen LogP contribution in [0.3, 0.4) is 0 Å². The zero-order valence-electron chi connectivity index (χ0n) is 10.4. The van der Waals surface area contributed by atoms with Crippen molar-refractivity contribution in [3.63, 3.8) is 0 Å². The third-order valence-corrected chi connectivity index (χ3v) is 2.94. The Morgan fingerprint density at radius 3 is 2.71 bits per heavy atom. The van der Waals surface area contributed by atoms with Crippen molar-refractivity contribution >= 4 is 11.9 Å². The molecular weight excluding hydrogens is 222 g/mol. The fourth-order valence-electron chi connectivity index (χ4n) is 1.96. The first-order chi connectivity index (χ1) is 7.99. The predicted molar refractivity (Wildman–Crippen MR) is 62.7 cm³/mol. The van der Waals surface area contributed by atoms with Gasteiger partial charge in [-0.15, -0.1) is 0 Å². The van der Waals surface area contributed by atoms with Gasteiger partial charge in [-0.2, -0.15) is 0 Å². The Morgan fingerprint density at radius 2 is 2.18 bits per heavy atom. The maximum atomic E-state index is 11.7. The van der Waals surface area contributed by atoms with Crippen molar-refractivity contribution in [3.8, 4) is 0 Å². The number of hydrogen-bond donors (Lipinski definition) is 2. The molecule has 17 heavy (non-hydrogen) atoms. The number of carbonyl (C=O) groups excluding carboxylic acids is 1. The van der Waals surface area contributed by atoms with Crippen LogP contribution in [0, 0.1) is 0 Å². The fourth-order valence-corrected chi connectivity index (χ4v) is 1.96. The molecule has 1 heterocycles. The van der Waals surface area contributed by atoms with Crippen molar-refractivity contribution in [1.29, 1.82) is 0 Å². The van der Waals surface area contributed by atoms with Gasteiger partial charge in [0.2, 0.25) is 5.91 Å². The highest BCUT2D eigenvalue weighted by Crippen LogP contribution is 2.19. The van der Waals surface area contributed by atoms with Crippen molar-refractivity contribution in [2.45, 2.75) is 64.2 Å². The highest BCUT2D eigenvalue weighted by Gasteiger charge is 2.28. The number of carboxylic acid groups (broad SMARTS) is 1. The van der Waals surface area contributed by atoms with Gasteiger partial charge in [0.25, 0.3) is 0 Å². The molecule has 1 saturated heterocycles. The van der Waals surface area contributed by atoms with Gasteiger partial charge < -0.3 is 15.2 Å². The van der Waals surface area contributed by atoms with Crippen molar-refractivity contribution in [1.82, 2.24) is 5.32 Å². The van der Waals surface area contributed by atoms with E-state index in [-0.39, 0.29) is 30.6 Å². The molecule has 0 spiro atoms. The summed E-state index contributed by atoms with van der Waals surface area (Å²) in [4.78, 5) is 22.1. The summed E-state index contributed by atoms with van der Waals surface area (Å²) in [7, 11) is 0. The first kappa shape index (κ1) is 14.0. The zero-order chi connectivity index (χ0) is 12.8. The van der Waals surface area contributed by atoms with Gasteiger partial charge in [-0.3, -0.25) is 9.59 Å². The van der Waals surface area contributed by atoms with Crippen molar-refractivity contribution in [2.24, 2.45) is 0 Å². The number of nitrogens with one attached hydrogen (secondary N) is 1. The summed E-state index contributed by atoms with van der Waals surface area (Å²) in [6.45, 7) is 3.85. The summed E-state index contributed by atoms with van der Waals surface area (Å²) < 4.78 is 5.46. The summed E-state index contributed by atoms with van der Waals surface area (Å²) in [6, 6.07) is 0.00126. The minimum Gasteiger partial charge on any atom is -0.481 e. The summed E-state index contributed by atoms with van der Waals surface area (Å²) in [5.74, 6) is -0.867. The van der Waals surface area contributed by atoms with E-state index in [1.807, 2.05) is 13.8 Å². The van der Waals surface area contributed by atoms with Crippen molar-refractivity contribution < 1.29 is 19.4 Å². The lowest BCUT2D eigenvalue weighted by molar-refractivity contribution is -0.137. The van der Waals surface area contributed by atoms with Crippen LogP contribution in [-0.4, -0.2) is 35.2 Å². The highest BCUT2D eigenvalue weighted by atomic mass is 16.5. The molecule has 1 rings (SSSR count). The van der Waals surface area contributed by atoms with Crippen LogP contribution in [0.25, 0.3) is 0 Å². The van der Waals surface area contributed by atoms with Crippen molar-refractivity contribution in [3.05, 3.63) is 0 Å². The number of aliphatic carboxylic acids is 1. The largest absolute Gasteiger partial charge is 0.481 e. The van der Waals surface area contributed by atoms with E-state index in [9.17, 15) is 9.59 Å². The minimum atomic E-state index is -0.795. The number of hydrogen-bond acceptors (Lipinski definition) is 3. The van der Waals surface area contributed by atoms with E-state index >= 15 is 0 Å². The molecule has 0 aromatic rings. The van der Waals surface area contributed by atoms with Gasteiger partial charge in [-0.05, 0) is 39.5 Å². The number of ether oxygens (including phenoxy) is 1. The van der Waals surface area contributed by atoms with Crippen LogP contribution in [-0.2, 0) is 14.3 Å². The van der Waals surface area contributed by atoms with Gasteiger partial charge in [-0.25, -0.2) is 0 Å². The van der Waals surface area contributed by atoms with Gasteiger partial charge in [0, 0.05) is 12.5 Å². The fraction of sp³-hybridized carbons (Fsp3) is 0.833. The number of amides is 1. The molecule has 5 heteroatoms. The lowest BCUT2D eigenvalue weighted by Crippen LogP contribution is -2.40. The van der Waals surface area contributed by atoms with E-state index in [4.69, 9.17) is 9.84 Å². The average molecular weight is 243 g/mol. The monoisotopic (exact) mass is 243 g/mol. The molecule has 3 unspecified atom stereocenters. The minimum absolute atomic E-state index is 0.00126. The SMILES string of the molecule is CC(CCCC(=O)O)NC(=O)C1CCC(C)O1. The van der Waals surface area contributed by atoms with E-state index in [1.165, 1.54) is 0 Å². The molecule has 0 bridgehead atoms. The van der Waals surface area contributed by atoms with E-state index in [1.54, 1.807) is 0 Å². The van der Waals surface area contributed by atoms with E-state index in [0.29, 0.717) is 12.8 Å². The van der Waals surface area contributed by atoms with Crippen LogP contribution in [0.2, 0.25) is 0 Å². The Labute approximate surface area is 102 Å². The third-order valence-electron chi connectivity index (χ3n) is 2.94. The average Bonchev–Trinajstić information content (AvgIpc) is 2.64. The normalized spacial score (nSPS) is 25.5. The maximum absolute atomic E-state index is 11.7. The Balaban J connectivity index is 2.19. The molecule has 1 aliphatic heterocycles. The number of carboxylic acids is 1. The lowest BCUT2D eigenvalue weighted by atomic mass is 10.1. The summed E-state index contributed by atoms with van der Waals surface area (Å²) in [6.07, 6.45) is 2.94. The summed E-state index contributed by atoms with van der Waals surface area (Å²) in [5, 5.41) is 11.4. The number of carbonyl (C=O) groups is 2. The second kappa shape index (κ2) is 6.59. The standard InChI is InChI=1S/C12H21NO4/c1-8(4-3-5-11(14)15)13-12(16)10-7-6-9(2)17-10/h8-10H,3-7H2,1-2H3,(H,13,16)(H,14,15). The second-order valence-corrected chi connectivity index (χ2v) is 4.71. The molecule has 1 amide bonds. The molecule has 1 aliphatic rings. The van der Waals surface area contributed by atoms with Gasteiger partial charge in [0.15, 0.2) is 0 Å². The van der Waals surface area contributed by atoms with Gasteiger partial charge in [0.1, 0.15) is 6.10 Å². The van der Waals surface area contributed by atoms with Gasteiger partial charge in [0.05, 0.1) is 6.10 Å². The van der Waals surface area contributed by atoms with Gasteiger partial charge >= 0.3 is 5.97 Å². The van der Waals surface area contributed by atoms with Gasteiger partial charge in [-0.1, -0.05) is 0 Å². The first-order valence-electron chi connectivity index (χ1n) is 6.16. The molecule has 2 N–H and O–H groups in total. The second-order valence-electron chi connectivity index (χ2n) is 4.71. The Morgan fingerprint density at radius 1 is 1.47 bits per heavy atom. The summed E-state index contributed by atoms with van der Waals surface area (Å²) in [5.41, 5.74) is 0. The zero-order valence-corrected chi connectivity index (χ0v) is 10.4. The molecule has 98 valence electrons. The summed E-state index contributed by atoms with van der Waals surface area (Å²) >= 11 is 0. The predicted octanol–water partition coefficient (Wildman–Crippen LogP) is 1.31. The van der Waals surface area contributed by atoms with E-state index in [2.05, 4.69) is 5.32 Å².